The molecule has 0 radical (unpaired) electrons. The lowest BCUT2D eigenvalue weighted by molar-refractivity contribution is 0.312. The van der Waals surface area contributed by atoms with Gasteiger partial charge in [0.05, 0.1) is 6.61 Å². The van der Waals surface area contributed by atoms with E-state index in [0.717, 1.165) is 12.1 Å². The van der Waals surface area contributed by atoms with Crippen LogP contribution >= 0.6 is 0 Å². The standard InChI is InChI=1S/C11H11F3N6O/c1-2-21-11-18-9(17-10(19-11)20-15)16-5-3-6(12)8(14)7(13)4-5/h3-4H,2,15H2,1H3,(H2,16,17,18,19,20). The van der Waals surface area contributed by atoms with Crippen molar-refractivity contribution in [3.8, 4) is 6.01 Å². The van der Waals surface area contributed by atoms with E-state index in [9.17, 15) is 13.2 Å². The number of aromatic nitrogens is 3. The fraction of sp³-hybridized carbons (Fsp3) is 0.182. The maximum Gasteiger partial charge on any atom is 0.323 e. The number of hydrogen-bond donors (Lipinski definition) is 3. The quantitative estimate of drug-likeness (QED) is 0.439. The molecule has 0 saturated carbocycles. The maximum absolute atomic E-state index is 13.1. The van der Waals surface area contributed by atoms with E-state index in [1.54, 1.807) is 6.92 Å². The summed E-state index contributed by atoms with van der Waals surface area (Å²) < 4.78 is 44.2. The highest BCUT2D eigenvalue weighted by atomic mass is 19.2. The van der Waals surface area contributed by atoms with Crippen LogP contribution in [0.1, 0.15) is 6.92 Å². The number of nitrogens with zero attached hydrogens (tertiary/aromatic N) is 3. The van der Waals surface area contributed by atoms with Gasteiger partial charge in [0.1, 0.15) is 0 Å². The van der Waals surface area contributed by atoms with Crippen molar-refractivity contribution >= 4 is 17.6 Å². The Labute approximate surface area is 117 Å². The average molecular weight is 300 g/mol. The van der Waals surface area contributed by atoms with E-state index in [0.29, 0.717) is 6.61 Å². The molecule has 1 aromatic heterocycles. The molecule has 112 valence electrons. The van der Waals surface area contributed by atoms with Crippen molar-refractivity contribution in [2.24, 2.45) is 5.84 Å². The molecule has 0 aliphatic carbocycles. The number of hydrazine groups is 1. The molecule has 21 heavy (non-hydrogen) atoms. The fourth-order valence-electron chi connectivity index (χ4n) is 1.43. The molecule has 0 unspecified atom stereocenters. The Kier molecular flexibility index (Phi) is 4.38. The van der Waals surface area contributed by atoms with Crippen LogP contribution in [0.5, 0.6) is 6.01 Å². The van der Waals surface area contributed by atoms with Crippen molar-refractivity contribution in [1.29, 1.82) is 0 Å². The van der Waals surface area contributed by atoms with Gasteiger partial charge in [-0.2, -0.15) is 15.0 Å². The summed E-state index contributed by atoms with van der Waals surface area (Å²) in [6, 6.07) is 1.49. The second-order valence-electron chi connectivity index (χ2n) is 3.72. The third-order valence-corrected chi connectivity index (χ3v) is 2.26. The molecule has 10 heteroatoms. The predicted molar refractivity (Wildman–Crippen MR) is 68.4 cm³/mol. The highest BCUT2D eigenvalue weighted by Crippen LogP contribution is 2.21. The zero-order valence-corrected chi connectivity index (χ0v) is 10.8. The Bertz CT molecular complexity index is 631. The third-order valence-electron chi connectivity index (χ3n) is 2.26. The molecule has 1 heterocycles. The van der Waals surface area contributed by atoms with Crippen molar-refractivity contribution < 1.29 is 17.9 Å². The number of nitrogens with one attached hydrogen (secondary N) is 2. The van der Waals surface area contributed by atoms with E-state index in [1.165, 1.54) is 0 Å². The first kappa shape index (κ1) is 14.8. The van der Waals surface area contributed by atoms with Gasteiger partial charge in [-0.25, -0.2) is 19.0 Å². The van der Waals surface area contributed by atoms with Gasteiger partial charge < -0.3 is 10.1 Å². The Morgan fingerprint density at radius 1 is 1.10 bits per heavy atom. The minimum atomic E-state index is -1.56. The molecular weight excluding hydrogens is 289 g/mol. The van der Waals surface area contributed by atoms with Gasteiger partial charge in [0, 0.05) is 17.8 Å². The Morgan fingerprint density at radius 3 is 2.29 bits per heavy atom. The zero-order chi connectivity index (χ0) is 15.4. The van der Waals surface area contributed by atoms with Crippen LogP contribution in [-0.2, 0) is 0 Å². The molecule has 0 fully saturated rings. The molecule has 0 aliphatic heterocycles. The number of rotatable bonds is 5. The van der Waals surface area contributed by atoms with Gasteiger partial charge in [-0.3, -0.25) is 5.43 Å². The minimum absolute atomic E-state index is 0.0148. The molecule has 0 spiro atoms. The van der Waals surface area contributed by atoms with Gasteiger partial charge in [-0.15, -0.1) is 0 Å². The maximum atomic E-state index is 13.1. The van der Waals surface area contributed by atoms with E-state index in [-0.39, 0.29) is 23.6 Å². The average Bonchev–Trinajstić information content (AvgIpc) is 2.44. The molecule has 2 rings (SSSR count). The second kappa shape index (κ2) is 6.22. The van der Waals surface area contributed by atoms with Crippen molar-refractivity contribution in [3.63, 3.8) is 0 Å². The van der Waals surface area contributed by atoms with Crippen molar-refractivity contribution in [1.82, 2.24) is 15.0 Å². The Balaban J connectivity index is 2.32. The van der Waals surface area contributed by atoms with Crippen LogP contribution in [0.2, 0.25) is 0 Å². The normalized spacial score (nSPS) is 10.3. The van der Waals surface area contributed by atoms with Crippen LogP contribution in [0.25, 0.3) is 0 Å². The van der Waals surface area contributed by atoms with Crippen LogP contribution in [0, 0.1) is 17.5 Å². The van der Waals surface area contributed by atoms with E-state index in [1.807, 2.05) is 0 Å². The third kappa shape index (κ3) is 3.48. The van der Waals surface area contributed by atoms with Crippen LogP contribution in [0.15, 0.2) is 12.1 Å². The minimum Gasteiger partial charge on any atom is -0.464 e. The van der Waals surface area contributed by atoms with Crippen LogP contribution in [0.3, 0.4) is 0 Å². The summed E-state index contributed by atoms with van der Waals surface area (Å²) in [6.45, 7) is 2.02. The van der Waals surface area contributed by atoms with Crippen LogP contribution in [0.4, 0.5) is 30.8 Å². The molecule has 1 aromatic carbocycles. The molecule has 0 aliphatic rings. The van der Waals surface area contributed by atoms with Gasteiger partial charge in [0.15, 0.2) is 17.5 Å². The summed E-state index contributed by atoms with van der Waals surface area (Å²) in [5.74, 6) is 0.860. The summed E-state index contributed by atoms with van der Waals surface area (Å²) in [7, 11) is 0. The molecule has 4 N–H and O–H groups in total. The van der Waals surface area contributed by atoms with Gasteiger partial charge in [0.25, 0.3) is 0 Å². The Hall–Kier alpha value is -2.62. The van der Waals surface area contributed by atoms with Gasteiger partial charge in [-0.05, 0) is 6.92 Å². The molecule has 7 nitrogen and oxygen atoms in total. The number of halogens is 3. The fourth-order valence-corrected chi connectivity index (χ4v) is 1.43. The molecule has 0 saturated heterocycles. The lowest BCUT2D eigenvalue weighted by Crippen LogP contribution is -2.13. The van der Waals surface area contributed by atoms with Crippen molar-refractivity contribution in [2.45, 2.75) is 6.92 Å². The van der Waals surface area contributed by atoms with E-state index in [4.69, 9.17) is 10.6 Å². The molecule has 0 atom stereocenters. The summed E-state index contributed by atoms with van der Waals surface area (Å²) in [5.41, 5.74) is 2.11. The topological polar surface area (TPSA) is 98.0 Å². The first-order valence-electron chi connectivity index (χ1n) is 5.80. The largest absolute Gasteiger partial charge is 0.464 e. The van der Waals surface area contributed by atoms with Crippen molar-refractivity contribution in [2.75, 3.05) is 17.3 Å². The highest BCUT2D eigenvalue weighted by molar-refractivity contribution is 5.54. The molecule has 0 amide bonds. The van der Waals surface area contributed by atoms with E-state index < -0.39 is 17.5 Å². The van der Waals surface area contributed by atoms with Crippen LogP contribution < -0.4 is 21.3 Å². The lowest BCUT2D eigenvalue weighted by Gasteiger charge is -2.09. The van der Waals surface area contributed by atoms with Gasteiger partial charge in [0.2, 0.25) is 11.9 Å². The molecule has 0 bridgehead atoms. The number of hydrogen-bond acceptors (Lipinski definition) is 7. The van der Waals surface area contributed by atoms with Gasteiger partial charge >= 0.3 is 6.01 Å². The number of benzene rings is 1. The summed E-state index contributed by atoms with van der Waals surface area (Å²) in [4.78, 5) is 11.5. The van der Waals surface area contributed by atoms with E-state index >= 15 is 0 Å². The highest BCUT2D eigenvalue weighted by Gasteiger charge is 2.12. The summed E-state index contributed by atoms with van der Waals surface area (Å²) in [5, 5.41) is 2.50. The first-order chi connectivity index (χ1) is 10.0. The number of nitrogens with two attached hydrogens (primary N) is 1. The number of ether oxygens (including phenoxy) is 1. The van der Waals surface area contributed by atoms with Gasteiger partial charge in [-0.1, -0.05) is 0 Å². The Morgan fingerprint density at radius 2 is 1.71 bits per heavy atom. The molecular formula is C11H11F3N6O. The monoisotopic (exact) mass is 300 g/mol. The zero-order valence-electron chi connectivity index (χ0n) is 10.8. The predicted octanol–water partition coefficient (Wildman–Crippen LogP) is 1.72. The first-order valence-corrected chi connectivity index (χ1v) is 5.80. The summed E-state index contributed by atoms with van der Waals surface area (Å²) in [6.07, 6.45) is 0. The number of anilines is 3. The molecule has 2 aromatic rings. The SMILES string of the molecule is CCOc1nc(NN)nc(Nc2cc(F)c(F)c(F)c2)n1. The second-order valence-corrected chi connectivity index (χ2v) is 3.72. The summed E-state index contributed by atoms with van der Waals surface area (Å²) >= 11 is 0. The van der Waals surface area contributed by atoms with Crippen LogP contribution in [-0.4, -0.2) is 21.6 Å². The lowest BCUT2D eigenvalue weighted by atomic mass is 10.3. The van der Waals surface area contributed by atoms with Crippen molar-refractivity contribution in [3.05, 3.63) is 29.6 Å². The smallest absolute Gasteiger partial charge is 0.323 e. The van der Waals surface area contributed by atoms with E-state index in [2.05, 4.69) is 25.7 Å². The number of nitrogen functional groups attached to an aromatic ring is 1.